The van der Waals surface area contributed by atoms with Crippen LogP contribution < -0.4 is 10.6 Å². The second-order valence-electron chi connectivity index (χ2n) is 4.16. The van der Waals surface area contributed by atoms with Crippen LogP contribution in [0.3, 0.4) is 0 Å². The van der Waals surface area contributed by atoms with Gasteiger partial charge in [0.1, 0.15) is 5.76 Å². The summed E-state index contributed by atoms with van der Waals surface area (Å²) in [5.74, 6) is 1.07. The first-order valence-electron chi connectivity index (χ1n) is 5.65. The molecule has 0 saturated carbocycles. The van der Waals surface area contributed by atoms with E-state index in [4.69, 9.17) is 4.52 Å². The summed E-state index contributed by atoms with van der Waals surface area (Å²) in [6.45, 7) is 4.25. The van der Waals surface area contributed by atoms with E-state index in [9.17, 15) is 4.79 Å². The molecule has 2 heterocycles. The lowest BCUT2D eigenvalue weighted by Crippen LogP contribution is -2.29. The first-order valence-corrected chi connectivity index (χ1v) is 5.65. The zero-order valence-electron chi connectivity index (χ0n) is 10.7. The number of amides is 2. The van der Waals surface area contributed by atoms with Crippen molar-refractivity contribution in [2.45, 2.75) is 20.4 Å². The van der Waals surface area contributed by atoms with E-state index in [2.05, 4.69) is 15.8 Å². The highest BCUT2D eigenvalue weighted by Crippen LogP contribution is 2.07. The Morgan fingerprint density at radius 3 is 2.78 bits per heavy atom. The first-order chi connectivity index (χ1) is 8.56. The highest BCUT2D eigenvalue weighted by molar-refractivity contribution is 5.88. The van der Waals surface area contributed by atoms with Crippen LogP contribution in [-0.4, -0.2) is 15.8 Å². The molecule has 0 radical (unpaired) electrons. The van der Waals surface area contributed by atoms with Crippen LogP contribution in [0.5, 0.6) is 0 Å². The molecule has 0 bridgehead atoms. The smallest absolute Gasteiger partial charge is 0.320 e. The third-order valence-corrected chi connectivity index (χ3v) is 2.78. The first kappa shape index (κ1) is 12.2. The van der Waals surface area contributed by atoms with Crippen LogP contribution in [0.15, 0.2) is 22.7 Å². The fourth-order valence-electron chi connectivity index (χ4n) is 1.60. The molecule has 0 aromatic carbocycles. The number of anilines is 1. The predicted molar refractivity (Wildman–Crippen MR) is 67.2 cm³/mol. The van der Waals surface area contributed by atoms with Crippen molar-refractivity contribution >= 4 is 11.8 Å². The van der Waals surface area contributed by atoms with Gasteiger partial charge >= 0.3 is 6.03 Å². The van der Waals surface area contributed by atoms with E-state index in [1.165, 1.54) is 0 Å². The van der Waals surface area contributed by atoms with Crippen LogP contribution in [0.4, 0.5) is 10.6 Å². The zero-order valence-corrected chi connectivity index (χ0v) is 10.7. The van der Waals surface area contributed by atoms with Crippen molar-refractivity contribution in [1.82, 2.24) is 15.0 Å². The number of urea groups is 1. The molecule has 0 saturated heterocycles. The van der Waals surface area contributed by atoms with E-state index in [1.54, 1.807) is 13.0 Å². The maximum atomic E-state index is 11.6. The van der Waals surface area contributed by atoms with Gasteiger partial charge in [-0.3, -0.25) is 5.32 Å². The number of rotatable bonds is 3. The fourth-order valence-corrected chi connectivity index (χ4v) is 1.60. The number of carbonyl (C=O) groups is 1. The quantitative estimate of drug-likeness (QED) is 0.872. The fraction of sp³-hybridized carbons (Fsp3) is 0.333. The van der Waals surface area contributed by atoms with E-state index in [-0.39, 0.29) is 6.03 Å². The monoisotopic (exact) mass is 248 g/mol. The maximum Gasteiger partial charge on any atom is 0.320 e. The van der Waals surface area contributed by atoms with Gasteiger partial charge in [0.15, 0.2) is 5.82 Å². The van der Waals surface area contributed by atoms with Gasteiger partial charge in [-0.05, 0) is 26.0 Å². The Morgan fingerprint density at radius 1 is 1.44 bits per heavy atom. The SMILES string of the molecule is Cc1cc(NC(=O)NCc2ccc(C)n2C)no1. The lowest BCUT2D eigenvalue weighted by molar-refractivity contribution is 0.251. The summed E-state index contributed by atoms with van der Waals surface area (Å²) in [6, 6.07) is 5.35. The summed E-state index contributed by atoms with van der Waals surface area (Å²) in [5, 5.41) is 9.03. The van der Waals surface area contributed by atoms with E-state index in [1.807, 2.05) is 30.7 Å². The molecule has 6 nitrogen and oxygen atoms in total. The van der Waals surface area contributed by atoms with Gasteiger partial charge in [-0.2, -0.15) is 0 Å². The Labute approximate surface area is 105 Å². The molecule has 0 aliphatic rings. The van der Waals surface area contributed by atoms with Crippen molar-refractivity contribution < 1.29 is 9.32 Å². The van der Waals surface area contributed by atoms with Gasteiger partial charge in [0.2, 0.25) is 0 Å². The number of nitrogens with zero attached hydrogens (tertiary/aromatic N) is 2. The number of nitrogens with one attached hydrogen (secondary N) is 2. The number of hydrogen-bond donors (Lipinski definition) is 2. The highest BCUT2D eigenvalue weighted by Gasteiger charge is 2.07. The molecule has 0 fully saturated rings. The van der Waals surface area contributed by atoms with Crippen molar-refractivity contribution in [1.29, 1.82) is 0 Å². The molecule has 96 valence electrons. The van der Waals surface area contributed by atoms with Crippen molar-refractivity contribution in [3.05, 3.63) is 35.3 Å². The third-order valence-electron chi connectivity index (χ3n) is 2.78. The molecule has 0 aliphatic carbocycles. The number of hydrogen-bond acceptors (Lipinski definition) is 3. The molecule has 18 heavy (non-hydrogen) atoms. The van der Waals surface area contributed by atoms with Crippen LogP contribution >= 0.6 is 0 Å². The summed E-state index contributed by atoms with van der Waals surface area (Å²) in [4.78, 5) is 11.6. The van der Waals surface area contributed by atoms with Crippen LogP contribution in [0.1, 0.15) is 17.1 Å². The lowest BCUT2D eigenvalue weighted by atomic mass is 10.4. The molecule has 2 N–H and O–H groups in total. The average Bonchev–Trinajstić information content (AvgIpc) is 2.86. The molecule has 0 atom stereocenters. The minimum Gasteiger partial charge on any atom is -0.360 e. The van der Waals surface area contributed by atoms with Crippen molar-refractivity contribution in [3.63, 3.8) is 0 Å². The normalized spacial score (nSPS) is 10.4. The molecule has 2 amide bonds. The van der Waals surface area contributed by atoms with Gasteiger partial charge in [-0.1, -0.05) is 5.16 Å². The predicted octanol–water partition coefficient (Wildman–Crippen LogP) is 1.95. The minimum atomic E-state index is -0.304. The zero-order chi connectivity index (χ0) is 13.1. The Morgan fingerprint density at radius 2 is 2.22 bits per heavy atom. The summed E-state index contributed by atoms with van der Waals surface area (Å²) in [6.07, 6.45) is 0. The molecule has 0 spiro atoms. The molecular weight excluding hydrogens is 232 g/mol. The van der Waals surface area contributed by atoms with Gasteiger partial charge in [0, 0.05) is 24.5 Å². The summed E-state index contributed by atoms with van der Waals surface area (Å²) in [5.41, 5.74) is 2.19. The molecular formula is C12H16N4O2. The summed E-state index contributed by atoms with van der Waals surface area (Å²) < 4.78 is 6.88. The highest BCUT2D eigenvalue weighted by atomic mass is 16.5. The van der Waals surface area contributed by atoms with Crippen LogP contribution in [-0.2, 0) is 13.6 Å². The topological polar surface area (TPSA) is 72.1 Å². The van der Waals surface area contributed by atoms with E-state index in [0.29, 0.717) is 18.1 Å². The van der Waals surface area contributed by atoms with Gasteiger partial charge in [0.25, 0.3) is 0 Å². The second kappa shape index (κ2) is 4.95. The van der Waals surface area contributed by atoms with Gasteiger partial charge in [-0.15, -0.1) is 0 Å². The number of carbonyl (C=O) groups excluding carboxylic acids is 1. The van der Waals surface area contributed by atoms with Crippen molar-refractivity contribution in [3.8, 4) is 0 Å². The average molecular weight is 248 g/mol. The number of aromatic nitrogens is 2. The number of aryl methyl sites for hydroxylation is 2. The van der Waals surface area contributed by atoms with Gasteiger partial charge in [-0.25, -0.2) is 4.79 Å². The molecule has 2 aromatic heterocycles. The maximum absolute atomic E-state index is 11.6. The Hall–Kier alpha value is -2.24. The second-order valence-corrected chi connectivity index (χ2v) is 4.16. The van der Waals surface area contributed by atoms with Gasteiger partial charge in [0.05, 0.1) is 6.54 Å². The molecule has 2 rings (SSSR count). The Balaban J connectivity index is 1.87. The molecule has 0 aliphatic heterocycles. The van der Waals surface area contributed by atoms with Crippen molar-refractivity contribution in [2.75, 3.05) is 5.32 Å². The van der Waals surface area contributed by atoms with E-state index in [0.717, 1.165) is 11.4 Å². The van der Waals surface area contributed by atoms with E-state index < -0.39 is 0 Å². The molecule has 0 unspecified atom stereocenters. The lowest BCUT2D eigenvalue weighted by Gasteiger charge is -2.07. The van der Waals surface area contributed by atoms with Crippen LogP contribution in [0.25, 0.3) is 0 Å². The largest absolute Gasteiger partial charge is 0.360 e. The third kappa shape index (κ3) is 2.71. The minimum absolute atomic E-state index is 0.304. The Kier molecular flexibility index (Phi) is 3.36. The standard InChI is InChI=1S/C12H16N4O2/c1-8-4-5-10(16(8)3)7-13-12(17)14-11-6-9(2)18-15-11/h4-6H,7H2,1-3H3,(H2,13,14,15,17). The van der Waals surface area contributed by atoms with Crippen LogP contribution in [0, 0.1) is 13.8 Å². The molecule has 6 heteroatoms. The van der Waals surface area contributed by atoms with Gasteiger partial charge < -0.3 is 14.4 Å². The Bertz CT molecular complexity index is 556. The summed E-state index contributed by atoms with van der Waals surface area (Å²) in [7, 11) is 1.96. The van der Waals surface area contributed by atoms with E-state index >= 15 is 0 Å². The summed E-state index contributed by atoms with van der Waals surface area (Å²) >= 11 is 0. The van der Waals surface area contributed by atoms with Crippen molar-refractivity contribution in [2.24, 2.45) is 7.05 Å². The van der Waals surface area contributed by atoms with Crippen LogP contribution in [0.2, 0.25) is 0 Å². The molecule has 2 aromatic rings.